The van der Waals surface area contributed by atoms with Crippen LogP contribution in [0.2, 0.25) is 0 Å². The van der Waals surface area contributed by atoms with Crippen LogP contribution in [-0.2, 0) is 0 Å². The molecule has 4 nitrogen and oxygen atoms in total. The number of amidine groups is 1. The molecule has 2 aromatic heterocycles. The first kappa shape index (κ1) is 32.0. The summed E-state index contributed by atoms with van der Waals surface area (Å²) in [7, 11) is 0. The number of aromatic nitrogens is 1. The van der Waals surface area contributed by atoms with E-state index in [9.17, 15) is 0 Å². The fraction of sp³-hybridized carbons (Fsp3) is 0.0192. The van der Waals surface area contributed by atoms with Gasteiger partial charge >= 0.3 is 0 Å². The molecule has 10 aromatic rings. The molecule has 1 N–H and O–H groups in total. The van der Waals surface area contributed by atoms with Gasteiger partial charge in [-0.05, 0) is 69.8 Å². The third-order valence-electron chi connectivity index (χ3n) is 11.1. The molecule has 0 spiro atoms. The molecule has 0 amide bonds. The Morgan fingerprint density at radius 1 is 0.464 bits per heavy atom. The van der Waals surface area contributed by atoms with Crippen molar-refractivity contribution in [3.8, 4) is 27.9 Å². The Morgan fingerprint density at radius 3 is 1.80 bits per heavy atom. The van der Waals surface area contributed by atoms with Gasteiger partial charge in [-0.2, -0.15) is 0 Å². The van der Waals surface area contributed by atoms with E-state index in [2.05, 4.69) is 198 Å². The molecule has 0 fully saturated rings. The molecule has 264 valence electrons. The summed E-state index contributed by atoms with van der Waals surface area (Å²) in [6.45, 7) is 0. The summed E-state index contributed by atoms with van der Waals surface area (Å²) in [5, 5.41) is 8.36. The SMILES string of the molecule is C1=C(c2ccccc2)N=C(c2ccccc2)NC1c1cccc2oc3c(-n4c5ccc(-c6ccccc6)cc5c5ccc(-c6ccccc6)cc54)cccc3c12. The zero-order valence-electron chi connectivity index (χ0n) is 30.4. The summed E-state index contributed by atoms with van der Waals surface area (Å²) in [6.07, 6.45) is 2.24. The number of hydrogen-bond donors (Lipinski definition) is 1. The maximum Gasteiger partial charge on any atom is 0.159 e. The molecule has 11 rings (SSSR count). The Morgan fingerprint density at radius 2 is 1.09 bits per heavy atom. The van der Waals surface area contributed by atoms with Gasteiger partial charge in [-0.15, -0.1) is 0 Å². The van der Waals surface area contributed by atoms with Crippen LogP contribution in [0.15, 0.2) is 210 Å². The van der Waals surface area contributed by atoms with Crippen molar-refractivity contribution < 1.29 is 4.42 Å². The average Bonchev–Trinajstić information content (AvgIpc) is 3.83. The molecule has 3 heterocycles. The van der Waals surface area contributed by atoms with Crippen molar-refractivity contribution in [3.05, 3.63) is 217 Å². The maximum atomic E-state index is 6.97. The van der Waals surface area contributed by atoms with Gasteiger partial charge in [-0.25, -0.2) is 4.99 Å². The average molecular weight is 718 g/mol. The summed E-state index contributed by atoms with van der Waals surface area (Å²) in [6, 6.07) is 68.5. The lowest BCUT2D eigenvalue weighted by molar-refractivity contribution is 0.665. The van der Waals surface area contributed by atoms with Gasteiger partial charge in [0, 0.05) is 27.1 Å². The predicted molar refractivity (Wildman–Crippen MR) is 232 cm³/mol. The van der Waals surface area contributed by atoms with E-state index in [0.29, 0.717) is 0 Å². The first-order valence-corrected chi connectivity index (χ1v) is 19.1. The van der Waals surface area contributed by atoms with Crippen molar-refractivity contribution in [2.45, 2.75) is 6.04 Å². The molecule has 0 bridgehead atoms. The molecular weight excluding hydrogens is 683 g/mol. The van der Waals surface area contributed by atoms with Gasteiger partial charge in [0.1, 0.15) is 11.4 Å². The van der Waals surface area contributed by atoms with Crippen LogP contribution in [-0.4, -0.2) is 10.4 Å². The molecule has 1 unspecified atom stereocenters. The first-order valence-electron chi connectivity index (χ1n) is 19.1. The smallest absolute Gasteiger partial charge is 0.159 e. The third-order valence-corrected chi connectivity index (χ3v) is 11.1. The van der Waals surface area contributed by atoms with E-state index >= 15 is 0 Å². The van der Waals surface area contributed by atoms with E-state index < -0.39 is 0 Å². The molecule has 0 aliphatic carbocycles. The predicted octanol–water partition coefficient (Wildman–Crippen LogP) is 13.1. The summed E-state index contributed by atoms with van der Waals surface area (Å²) in [4.78, 5) is 5.13. The van der Waals surface area contributed by atoms with Gasteiger partial charge in [0.2, 0.25) is 0 Å². The zero-order valence-corrected chi connectivity index (χ0v) is 30.4. The standard InChI is InChI=1S/C52H35N3O/c1-5-15-34(16-6-1)38-28-30-46-43(31-38)40-29-27-39(35-17-7-2-8-18-35)32-48(40)55(46)47-25-13-24-42-50-41(23-14-26-49(50)56-51(42)47)45-33-44(36-19-9-3-10-20-36)53-52(54-45)37-21-11-4-12-22-37/h1-33,45H,(H,53,54). The maximum absolute atomic E-state index is 6.97. The minimum absolute atomic E-state index is 0.149. The van der Waals surface area contributed by atoms with Gasteiger partial charge < -0.3 is 14.3 Å². The van der Waals surface area contributed by atoms with Crippen molar-refractivity contribution in [2.24, 2.45) is 4.99 Å². The van der Waals surface area contributed by atoms with Crippen LogP contribution in [0.25, 0.3) is 77.4 Å². The van der Waals surface area contributed by atoms with E-state index in [1.807, 2.05) is 12.1 Å². The number of hydrogen-bond acceptors (Lipinski definition) is 3. The van der Waals surface area contributed by atoms with Crippen LogP contribution in [0.1, 0.15) is 22.7 Å². The van der Waals surface area contributed by atoms with Gasteiger partial charge in [0.25, 0.3) is 0 Å². The lowest BCUT2D eigenvalue weighted by Gasteiger charge is -2.25. The second kappa shape index (κ2) is 13.2. The minimum Gasteiger partial charge on any atom is -0.454 e. The fourth-order valence-electron chi connectivity index (χ4n) is 8.41. The van der Waals surface area contributed by atoms with Crippen LogP contribution >= 0.6 is 0 Å². The normalized spacial score (nSPS) is 14.2. The highest BCUT2D eigenvalue weighted by atomic mass is 16.3. The van der Waals surface area contributed by atoms with Gasteiger partial charge in [0.05, 0.1) is 28.5 Å². The third kappa shape index (κ3) is 5.34. The highest BCUT2D eigenvalue weighted by molar-refractivity contribution is 6.15. The van der Waals surface area contributed by atoms with Crippen molar-refractivity contribution in [3.63, 3.8) is 0 Å². The Labute approximate surface area is 324 Å². The van der Waals surface area contributed by atoms with Crippen molar-refractivity contribution >= 4 is 55.3 Å². The Kier molecular flexibility index (Phi) is 7.52. The molecule has 0 radical (unpaired) electrons. The Bertz CT molecular complexity index is 3140. The number of fused-ring (bicyclic) bond motifs is 6. The molecule has 0 saturated carbocycles. The van der Waals surface area contributed by atoms with Crippen LogP contribution < -0.4 is 5.32 Å². The fourth-order valence-corrected chi connectivity index (χ4v) is 8.41. The monoisotopic (exact) mass is 717 g/mol. The first-order chi connectivity index (χ1) is 27.8. The Balaban J connectivity index is 1.13. The van der Waals surface area contributed by atoms with E-state index in [-0.39, 0.29) is 6.04 Å². The zero-order chi connectivity index (χ0) is 37.0. The highest BCUT2D eigenvalue weighted by Crippen LogP contribution is 2.42. The van der Waals surface area contributed by atoms with Crippen LogP contribution in [0.4, 0.5) is 0 Å². The lowest BCUT2D eigenvalue weighted by Crippen LogP contribution is -2.31. The summed E-state index contributed by atoms with van der Waals surface area (Å²) in [5.41, 5.74) is 13.9. The van der Waals surface area contributed by atoms with Gasteiger partial charge in [-0.1, -0.05) is 164 Å². The van der Waals surface area contributed by atoms with E-state index in [1.165, 1.54) is 33.0 Å². The lowest BCUT2D eigenvalue weighted by atomic mass is 9.96. The summed E-state index contributed by atoms with van der Waals surface area (Å²) in [5.74, 6) is 0.844. The van der Waals surface area contributed by atoms with Gasteiger partial charge in [0.15, 0.2) is 5.58 Å². The van der Waals surface area contributed by atoms with Crippen molar-refractivity contribution in [2.75, 3.05) is 0 Å². The van der Waals surface area contributed by atoms with Crippen molar-refractivity contribution in [1.29, 1.82) is 0 Å². The highest BCUT2D eigenvalue weighted by Gasteiger charge is 2.25. The van der Waals surface area contributed by atoms with Crippen LogP contribution in [0, 0.1) is 0 Å². The molecule has 1 aliphatic rings. The minimum atomic E-state index is -0.149. The van der Waals surface area contributed by atoms with E-state index in [1.54, 1.807) is 0 Å². The number of nitrogens with one attached hydrogen (secondary N) is 1. The molecular formula is C52H35N3O. The second-order valence-corrected chi connectivity index (χ2v) is 14.4. The molecule has 4 heteroatoms. The largest absolute Gasteiger partial charge is 0.454 e. The number of para-hydroxylation sites is 1. The topological polar surface area (TPSA) is 42.5 Å². The molecule has 1 atom stereocenters. The quantitative estimate of drug-likeness (QED) is 0.186. The second-order valence-electron chi connectivity index (χ2n) is 14.4. The van der Waals surface area contributed by atoms with Crippen LogP contribution in [0.5, 0.6) is 0 Å². The van der Waals surface area contributed by atoms with Crippen molar-refractivity contribution in [1.82, 2.24) is 9.88 Å². The number of nitrogens with zero attached hydrogens (tertiary/aromatic N) is 2. The number of benzene rings is 8. The molecule has 8 aromatic carbocycles. The summed E-state index contributed by atoms with van der Waals surface area (Å²) < 4.78 is 9.36. The number of aliphatic imine (C=N–C) groups is 1. The number of rotatable bonds is 6. The molecule has 1 aliphatic heterocycles. The summed E-state index contributed by atoms with van der Waals surface area (Å²) >= 11 is 0. The molecule has 56 heavy (non-hydrogen) atoms. The molecule has 0 saturated heterocycles. The van der Waals surface area contributed by atoms with E-state index in [4.69, 9.17) is 9.41 Å². The van der Waals surface area contributed by atoms with Gasteiger partial charge in [-0.3, -0.25) is 0 Å². The Hall–Kier alpha value is -7.43. The number of furan rings is 1. The van der Waals surface area contributed by atoms with Crippen LogP contribution in [0.3, 0.4) is 0 Å². The van der Waals surface area contributed by atoms with E-state index in [0.717, 1.165) is 66.9 Å².